The van der Waals surface area contributed by atoms with Gasteiger partial charge in [0.05, 0.1) is 5.88 Å². The second-order valence-corrected chi connectivity index (χ2v) is 3.89. The van der Waals surface area contributed by atoms with Gasteiger partial charge in [-0.05, 0) is 0 Å². The molecule has 7 heteroatoms. The molecule has 0 spiro atoms. The Morgan fingerprint density at radius 3 is 2.12 bits per heavy atom. The summed E-state index contributed by atoms with van der Waals surface area (Å²) in [6, 6.07) is 0. The summed E-state index contributed by atoms with van der Waals surface area (Å²) in [4.78, 5) is 22.0. The van der Waals surface area contributed by atoms with Crippen molar-refractivity contribution in [3.05, 3.63) is 0 Å². The molecule has 0 bridgehead atoms. The van der Waals surface area contributed by atoms with Crippen LogP contribution in [0.5, 0.6) is 0 Å². The molecule has 0 aliphatic carbocycles. The molecule has 1 aliphatic rings. The molecular formula is C10H15ClO6. The molecule has 1 rings (SSSR count). The second-order valence-electron chi connectivity index (χ2n) is 3.58. The van der Waals surface area contributed by atoms with Crippen LogP contribution in [0.15, 0.2) is 0 Å². The van der Waals surface area contributed by atoms with E-state index in [9.17, 15) is 9.59 Å². The molecule has 0 aromatic rings. The highest BCUT2D eigenvalue weighted by molar-refractivity contribution is 6.18. The molecule has 17 heavy (non-hydrogen) atoms. The van der Waals surface area contributed by atoms with Gasteiger partial charge in [-0.1, -0.05) is 0 Å². The lowest BCUT2D eigenvalue weighted by atomic mass is 10.1. The number of hydrogen-bond acceptors (Lipinski definition) is 6. The van der Waals surface area contributed by atoms with Gasteiger partial charge in [-0.15, -0.1) is 11.6 Å². The monoisotopic (exact) mass is 266 g/mol. The van der Waals surface area contributed by atoms with Crippen molar-refractivity contribution in [3.8, 4) is 0 Å². The van der Waals surface area contributed by atoms with Gasteiger partial charge in [-0.25, -0.2) is 0 Å². The fraction of sp³-hybridized carbons (Fsp3) is 0.800. The third-order valence-corrected chi connectivity index (χ3v) is 2.56. The molecule has 0 amide bonds. The van der Waals surface area contributed by atoms with Gasteiger partial charge in [-0.3, -0.25) is 9.59 Å². The first-order valence-corrected chi connectivity index (χ1v) is 5.61. The van der Waals surface area contributed by atoms with Gasteiger partial charge in [0.15, 0.2) is 18.5 Å². The number of alkyl halides is 1. The minimum Gasteiger partial charge on any atom is -0.456 e. The van der Waals surface area contributed by atoms with Crippen LogP contribution in [-0.2, 0) is 28.5 Å². The van der Waals surface area contributed by atoms with Crippen LogP contribution in [0.2, 0.25) is 0 Å². The molecule has 0 aromatic carbocycles. The van der Waals surface area contributed by atoms with Crippen LogP contribution in [0.25, 0.3) is 0 Å². The van der Waals surface area contributed by atoms with Gasteiger partial charge in [0.1, 0.15) is 6.10 Å². The van der Waals surface area contributed by atoms with E-state index in [1.165, 1.54) is 21.0 Å². The second kappa shape index (κ2) is 6.18. The first-order chi connectivity index (χ1) is 7.99. The van der Waals surface area contributed by atoms with Crippen LogP contribution in [0.4, 0.5) is 0 Å². The fourth-order valence-electron chi connectivity index (χ4n) is 1.66. The summed E-state index contributed by atoms with van der Waals surface area (Å²) < 4.78 is 20.5. The number of ether oxygens (including phenoxy) is 4. The molecular weight excluding hydrogens is 252 g/mol. The number of hydrogen-bond donors (Lipinski definition) is 0. The lowest BCUT2D eigenvalue weighted by Gasteiger charge is -2.22. The summed E-state index contributed by atoms with van der Waals surface area (Å²) in [5.41, 5.74) is 0. The molecule has 0 saturated carbocycles. The first kappa shape index (κ1) is 14.2. The summed E-state index contributed by atoms with van der Waals surface area (Å²) in [7, 11) is 1.41. The Hall–Kier alpha value is -0.850. The molecule has 0 aromatic heterocycles. The number of methoxy groups -OCH3 is 1. The van der Waals surface area contributed by atoms with Crippen molar-refractivity contribution < 1.29 is 28.5 Å². The van der Waals surface area contributed by atoms with Crippen molar-refractivity contribution in [2.75, 3.05) is 13.0 Å². The smallest absolute Gasteiger partial charge is 0.303 e. The van der Waals surface area contributed by atoms with Crippen molar-refractivity contribution in [1.82, 2.24) is 0 Å². The highest BCUT2D eigenvalue weighted by Crippen LogP contribution is 2.28. The Bertz CT molecular complexity index is 267. The predicted octanol–water partition coefficient (Wildman–Crippen LogP) is 0.460. The zero-order valence-electron chi connectivity index (χ0n) is 9.84. The Labute approximate surface area is 104 Å². The Morgan fingerprint density at radius 1 is 1.18 bits per heavy atom. The van der Waals surface area contributed by atoms with Crippen molar-refractivity contribution >= 4 is 23.5 Å². The molecule has 1 heterocycles. The zero-order valence-corrected chi connectivity index (χ0v) is 10.6. The molecule has 1 unspecified atom stereocenters. The quantitative estimate of drug-likeness (QED) is 0.544. The summed E-state index contributed by atoms with van der Waals surface area (Å²) in [5.74, 6) is -0.897. The Balaban J connectivity index is 2.82. The molecule has 1 fully saturated rings. The SMILES string of the molecule is COC1O[C@H](CCl)[C@@H](OC(C)=O)[C@H]1OC(C)=O. The number of carbonyl (C=O) groups is 2. The maximum absolute atomic E-state index is 11.0. The lowest BCUT2D eigenvalue weighted by molar-refractivity contribution is -0.180. The molecule has 0 N–H and O–H groups in total. The van der Waals surface area contributed by atoms with E-state index in [1.807, 2.05) is 0 Å². The zero-order chi connectivity index (χ0) is 13.0. The molecule has 0 radical (unpaired) electrons. The number of halogens is 1. The largest absolute Gasteiger partial charge is 0.456 e. The fourth-order valence-corrected chi connectivity index (χ4v) is 1.90. The number of esters is 2. The molecule has 98 valence electrons. The van der Waals surface area contributed by atoms with E-state index in [2.05, 4.69) is 0 Å². The van der Waals surface area contributed by atoms with Crippen LogP contribution in [-0.4, -0.2) is 49.5 Å². The number of rotatable bonds is 4. The standard InChI is InChI=1S/C10H15ClO6/c1-5(12)15-8-7(4-11)17-10(14-3)9(8)16-6(2)13/h7-10H,4H2,1-3H3/t7-,8-,9-,10?/m1/s1. The van der Waals surface area contributed by atoms with Crippen LogP contribution in [0, 0.1) is 0 Å². The van der Waals surface area contributed by atoms with E-state index in [1.54, 1.807) is 0 Å². The third kappa shape index (κ3) is 3.55. The molecule has 6 nitrogen and oxygen atoms in total. The van der Waals surface area contributed by atoms with Crippen molar-refractivity contribution in [2.45, 2.75) is 38.4 Å². The molecule has 4 atom stereocenters. The summed E-state index contributed by atoms with van der Waals surface area (Å²) in [5, 5.41) is 0. The van der Waals surface area contributed by atoms with E-state index in [0.717, 1.165) is 0 Å². The third-order valence-electron chi connectivity index (χ3n) is 2.26. The van der Waals surface area contributed by atoms with E-state index in [0.29, 0.717) is 0 Å². The Kier molecular flexibility index (Phi) is 5.17. The lowest BCUT2D eigenvalue weighted by Crippen LogP contribution is -2.40. The summed E-state index contributed by atoms with van der Waals surface area (Å²) in [6.07, 6.45) is -2.90. The molecule has 1 saturated heterocycles. The molecule has 1 aliphatic heterocycles. The summed E-state index contributed by atoms with van der Waals surface area (Å²) in [6.45, 7) is 2.52. The number of carbonyl (C=O) groups excluding carboxylic acids is 2. The highest BCUT2D eigenvalue weighted by Gasteiger charge is 2.49. The highest BCUT2D eigenvalue weighted by atomic mass is 35.5. The van der Waals surface area contributed by atoms with Gasteiger partial charge in [-0.2, -0.15) is 0 Å². The average Bonchev–Trinajstić information content (AvgIpc) is 2.55. The van der Waals surface area contributed by atoms with E-state index in [4.69, 9.17) is 30.5 Å². The Morgan fingerprint density at radius 2 is 1.71 bits per heavy atom. The summed E-state index contributed by atoms with van der Waals surface area (Å²) >= 11 is 5.70. The van der Waals surface area contributed by atoms with Gasteiger partial charge >= 0.3 is 11.9 Å². The van der Waals surface area contributed by atoms with Gasteiger partial charge < -0.3 is 18.9 Å². The van der Waals surface area contributed by atoms with Crippen molar-refractivity contribution in [3.63, 3.8) is 0 Å². The van der Waals surface area contributed by atoms with Crippen LogP contribution >= 0.6 is 11.6 Å². The van der Waals surface area contributed by atoms with E-state index >= 15 is 0 Å². The van der Waals surface area contributed by atoms with Crippen molar-refractivity contribution in [2.24, 2.45) is 0 Å². The van der Waals surface area contributed by atoms with Crippen molar-refractivity contribution in [1.29, 1.82) is 0 Å². The topological polar surface area (TPSA) is 71.1 Å². The maximum atomic E-state index is 11.0. The normalized spacial score (nSPS) is 32.2. The maximum Gasteiger partial charge on any atom is 0.303 e. The predicted molar refractivity (Wildman–Crippen MR) is 57.5 cm³/mol. The average molecular weight is 267 g/mol. The minimum atomic E-state index is -0.801. The first-order valence-electron chi connectivity index (χ1n) is 5.08. The van der Waals surface area contributed by atoms with Gasteiger partial charge in [0, 0.05) is 21.0 Å². The van der Waals surface area contributed by atoms with Gasteiger partial charge in [0.2, 0.25) is 0 Å². The van der Waals surface area contributed by atoms with E-state index in [-0.39, 0.29) is 5.88 Å². The van der Waals surface area contributed by atoms with Crippen LogP contribution < -0.4 is 0 Å². The van der Waals surface area contributed by atoms with Crippen LogP contribution in [0.1, 0.15) is 13.8 Å². The van der Waals surface area contributed by atoms with E-state index < -0.39 is 36.5 Å². The minimum absolute atomic E-state index is 0.107. The van der Waals surface area contributed by atoms with Gasteiger partial charge in [0.25, 0.3) is 0 Å². The van der Waals surface area contributed by atoms with Crippen LogP contribution in [0.3, 0.4) is 0 Å².